The number of hydrogen-bond donors (Lipinski definition) is 2. The first-order valence-corrected chi connectivity index (χ1v) is 8.25. The maximum absolute atomic E-state index is 12.6. The van der Waals surface area contributed by atoms with E-state index in [0.717, 1.165) is 13.1 Å². The van der Waals surface area contributed by atoms with Gasteiger partial charge in [0, 0.05) is 37.4 Å². The number of carboxylic acids is 1. The van der Waals surface area contributed by atoms with Crippen LogP contribution in [0.3, 0.4) is 0 Å². The third kappa shape index (κ3) is 4.47. The number of likely N-dealkylation sites (N-methyl/N-ethyl adjacent to an activating group) is 1. The molecule has 6 heteroatoms. The highest BCUT2D eigenvalue weighted by atomic mass is 16.4. The van der Waals surface area contributed by atoms with Gasteiger partial charge in [-0.15, -0.1) is 0 Å². The summed E-state index contributed by atoms with van der Waals surface area (Å²) in [7, 11) is 2.05. The van der Waals surface area contributed by atoms with Crippen LogP contribution in [0, 0.1) is 5.41 Å². The van der Waals surface area contributed by atoms with Crippen LogP contribution in [0.15, 0.2) is 24.3 Å². The van der Waals surface area contributed by atoms with Gasteiger partial charge in [0.2, 0.25) is 0 Å². The lowest BCUT2D eigenvalue weighted by atomic mass is 9.86. The molecule has 0 radical (unpaired) electrons. The minimum Gasteiger partial charge on any atom is -0.480 e. The first-order chi connectivity index (χ1) is 11.2. The molecule has 1 saturated heterocycles. The van der Waals surface area contributed by atoms with E-state index in [-0.39, 0.29) is 5.91 Å². The molecule has 1 fully saturated rings. The Morgan fingerprint density at radius 2 is 1.79 bits per heavy atom. The Morgan fingerprint density at radius 3 is 2.33 bits per heavy atom. The van der Waals surface area contributed by atoms with Crippen molar-refractivity contribution in [2.24, 2.45) is 5.41 Å². The van der Waals surface area contributed by atoms with Crippen LogP contribution < -0.4 is 5.32 Å². The second-order valence-electron chi connectivity index (χ2n) is 7.46. The predicted octanol–water partition coefficient (Wildman–Crippen LogP) is 1.99. The van der Waals surface area contributed by atoms with Gasteiger partial charge in [0.25, 0.3) is 5.91 Å². The zero-order valence-electron chi connectivity index (χ0n) is 14.9. The predicted molar refractivity (Wildman–Crippen MR) is 94.3 cm³/mol. The summed E-state index contributed by atoms with van der Waals surface area (Å²) in [6, 6.07) is 6.36. The van der Waals surface area contributed by atoms with Crippen molar-refractivity contribution in [3.8, 4) is 0 Å². The summed E-state index contributed by atoms with van der Waals surface area (Å²) in [5, 5.41) is 12.5. The van der Waals surface area contributed by atoms with E-state index in [1.54, 1.807) is 24.3 Å². The number of piperazine rings is 1. The van der Waals surface area contributed by atoms with Crippen LogP contribution >= 0.6 is 0 Å². The second kappa shape index (κ2) is 7.21. The highest BCUT2D eigenvalue weighted by molar-refractivity contribution is 5.95. The summed E-state index contributed by atoms with van der Waals surface area (Å²) >= 11 is 0. The van der Waals surface area contributed by atoms with Crippen LogP contribution in [0.1, 0.15) is 31.1 Å². The maximum Gasteiger partial charge on any atom is 0.326 e. The number of carboxylic acid groups (broad SMARTS) is 1. The maximum atomic E-state index is 12.6. The standard InChI is InChI=1S/C18H27N3O3/c1-18(2,3)15(17(23)24)19-14-7-5-6-13(12-14)16(22)21-10-8-20(4)9-11-21/h5-7,12,15,19H,8-11H2,1-4H3,(H,23,24)/t15-/m1/s1. The average Bonchev–Trinajstić information content (AvgIpc) is 2.51. The van der Waals surface area contributed by atoms with Crippen molar-refractivity contribution in [2.75, 3.05) is 38.5 Å². The van der Waals surface area contributed by atoms with Crippen LogP contribution in [-0.4, -0.2) is 66.1 Å². The van der Waals surface area contributed by atoms with Crippen LogP contribution in [-0.2, 0) is 4.79 Å². The van der Waals surface area contributed by atoms with Crippen molar-refractivity contribution < 1.29 is 14.7 Å². The van der Waals surface area contributed by atoms with Crippen LogP contribution in [0.4, 0.5) is 5.69 Å². The number of aliphatic carboxylic acids is 1. The second-order valence-corrected chi connectivity index (χ2v) is 7.46. The average molecular weight is 333 g/mol. The summed E-state index contributed by atoms with van der Waals surface area (Å²) in [6.45, 7) is 8.79. The van der Waals surface area contributed by atoms with Crippen molar-refractivity contribution in [3.63, 3.8) is 0 Å². The van der Waals surface area contributed by atoms with E-state index in [1.807, 2.05) is 32.7 Å². The van der Waals surface area contributed by atoms with Gasteiger partial charge < -0.3 is 20.2 Å². The Balaban J connectivity index is 2.13. The van der Waals surface area contributed by atoms with Crippen molar-refractivity contribution in [1.29, 1.82) is 0 Å². The topological polar surface area (TPSA) is 72.9 Å². The van der Waals surface area contributed by atoms with E-state index < -0.39 is 17.4 Å². The molecule has 1 aromatic rings. The molecule has 2 N–H and O–H groups in total. The van der Waals surface area contributed by atoms with Crippen molar-refractivity contribution in [3.05, 3.63) is 29.8 Å². The number of nitrogens with zero attached hydrogens (tertiary/aromatic N) is 2. The van der Waals surface area contributed by atoms with E-state index in [2.05, 4.69) is 10.2 Å². The molecule has 6 nitrogen and oxygen atoms in total. The molecule has 0 bridgehead atoms. The Hall–Kier alpha value is -2.08. The van der Waals surface area contributed by atoms with Gasteiger partial charge in [-0.2, -0.15) is 0 Å². The molecular weight excluding hydrogens is 306 g/mol. The summed E-state index contributed by atoms with van der Waals surface area (Å²) in [5.41, 5.74) is 0.795. The van der Waals surface area contributed by atoms with Crippen molar-refractivity contribution in [2.45, 2.75) is 26.8 Å². The molecular formula is C18H27N3O3. The highest BCUT2D eigenvalue weighted by Crippen LogP contribution is 2.24. The molecule has 1 aliphatic rings. The summed E-state index contributed by atoms with van der Waals surface area (Å²) < 4.78 is 0. The highest BCUT2D eigenvalue weighted by Gasteiger charge is 2.31. The minimum absolute atomic E-state index is 0.00520. The third-order valence-electron chi connectivity index (χ3n) is 4.32. The van der Waals surface area contributed by atoms with Gasteiger partial charge in [-0.1, -0.05) is 26.8 Å². The fourth-order valence-corrected chi connectivity index (χ4v) is 2.75. The van der Waals surface area contributed by atoms with Gasteiger partial charge in [-0.25, -0.2) is 4.79 Å². The zero-order chi connectivity index (χ0) is 17.9. The summed E-state index contributed by atoms with van der Waals surface area (Å²) in [4.78, 5) is 28.2. The fraction of sp³-hybridized carbons (Fsp3) is 0.556. The molecule has 1 amide bonds. The van der Waals surface area contributed by atoms with Crippen molar-refractivity contribution in [1.82, 2.24) is 9.80 Å². The molecule has 1 atom stereocenters. The van der Waals surface area contributed by atoms with E-state index in [4.69, 9.17) is 0 Å². The zero-order valence-corrected chi connectivity index (χ0v) is 14.9. The van der Waals surface area contributed by atoms with E-state index in [9.17, 15) is 14.7 Å². The van der Waals surface area contributed by atoms with E-state index in [1.165, 1.54) is 0 Å². The minimum atomic E-state index is -0.904. The molecule has 132 valence electrons. The number of carbonyl (C=O) groups excluding carboxylic acids is 1. The fourth-order valence-electron chi connectivity index (χ4n) is 2.75. The Labute approximate surface area is 143 Å². The first kappa shape index (κ1) is 18.3. The number of rotatable bonds is 4. The third-order valence-corrected chi connectivity index (χ3v) is 4.32. The lowest BCUT2D eigenvalue weighted by molar-refractivity contribution is -0.140. The molecule has 1 aliphatic heterocycles. The van der Waals surface area contributed by atoms with Crippen molar-refractivity contribution >= 4 is 17.6 Å². The molecule has 0 aromatic heterocycles. The normalized spacial score (nSPS) is 17.4. The molecule has 0 aliphatic carbocycles. The van der Waals surface area contributed by atoms with Gasteiger partial charge in [0.15, 0.2) is 0 Å². The lowest BCUT2D eigenvalue weighted by Gasteiger charge is -2.32. The molecule has 1 aromatic carbocycles. The number of benzene rings is 1. The van der Waals surface area contributed by atoms with Gasteiger partial charge in [0.05, 0.1) is 0 Å². The molecule has 0 saturated carbocycles. The number of carbonyl (C=O) groups is 2. The van der Waals surface area contributed by atoms with Gasteiger partial charge in [0.1, 0.15) is 6.04 Å². The molecule has 24 heavy (non-hydrogen) atoms. The van der Waals surface area contributed by atoms with Crippen LogP contribution in [0.2, 0.25) is 0 Å². The summed E-state index contributed by atoms with van der Waals surface area (Å²) in [6.07, 6.45) is 0. The Bertz CT molecular complexity index is 602. The Kier molecular flexibility index (Phi) is 5.49. The largest absolute Gasteiger partial charge is 0.480 e. The number of nitrogens with one attached hydrogen (secondary N) is 1. The SMILES string of the molecule is CN1CCN(C(=O)c2cccc(N[C@H](C(=O)O)C(C)(C)C)c2)CC1. The van der Waals surface area contributed by atoms with Crippen LogP contribution in [0.5, 0.6) is 0 Å². The molecule has 1 heterocycles. The van der Waals surface area contributed by atoms with Gasteiger partial charge in [-0.05, 0) is 30.7 Å². The van der Waals surface area contributed by atoms with Gasteiger partial charge in [-0.3, -0.25) is 4.79 Å². The van der Waals surface area contributed by atoms with E-state index in [0.29, 0.717) is 24.3 Å². The lowest BCUT2D eigenvalue weighted by Crippen LogP contribution is -2.47. The Morgan fingerprint density at radius 1 is 1.17 bits per heavy atom. The first-order valence-electron chi connectivity index (χ1n) is 8.25. The van der Waals surface area contributed by atoms with Crippen LogP contribution in [0.25, 0.3) is 0 Å². The number of anilines is 1. The number of amides is 1. The molecule has 0 unspecified atom stereocenters. The van der Waals surface area contributed by atoms with E-state index >= 15 is 0 Å². The molecule has 2 rings (SSSR count). The number of hydrogen-bond acceptors (Lipinski definition) is 4. The smallest absolute Gasteiger partial charge is 0.326 e. The molecule has 0 spiro atoms. The quantitative estimate of drug-likeness (QED) is 0.881. The monoisotopic (exact) mass is 333 g/mol. The van der Waals surface area contributed by atoms with Gasteiger partial charge >= 0.3 is 5.97 Å². The summed E-state index contributed by atoms with van der Waals surface area (Å²) in [5.74, 6) is -0.910.